The van der Waals surface area contributed by atoms with Gasteiger partial charge in [0, 0.05) is 12.6 Å². The first-order valence-corrected chi connectivity index (χ1v) is 13.2. The van der Waals surface area contributed by atoms with Crippen LogP contribution in [0, 0.1) is 5.92 Å². The van der Waals surface area contributed by atoms with E-state index in [9.17, 15) is 14.4 Å². The quantitative estimate of drug-likeness (QED) is 0.332. The van der Waals surface area contributed by atoms with Crippen molar-refractivity contribution >= 4 is 24.0 Å². The van der Waals surface area contributed by atoms with E-state index in [1.807, 2.05) is 52.0 Å². The molecule has 1 aromatic rings. The Kier molecular flexibility index (Phi) is 12.7. The van der Waals surface area contributed by atoms with Crippen molar-refractivity contribution in [2.45, 2.75) is 105 Å². The van der Waals surface area contributed by atoms with Crippen molar-refractivity contribution in [3.8, 4) is 0 Å². The van der Waals surface area contributed by atoms with Crippen LogP contribution in [0.3, 0.4) is 0 Å². The first-order chi connectivity index (χ1) is 16.9. The van der Waals surface area contributed by atoms with Crippen LogP contribution in [0.2, 0.25) is 0 Å². The molecule has 7 heteroatoms. The summed E-state index contributed by atoms with van der Waals surface area (Å²) in [6.45, 7) is 19.5. The second-order valence-electron chi connectivity index (χ2n) is 10.6. The summed E-state index contributed by atoms with van der Waals surface area (Å²) in [6, 6.07) is 5.56. The lowest BCUT2D eigenvalue weighted by Crippen LogP contribution is -2.57. The largest absolute Gasteiger partial charge is 0.444 e. The molecule has 0 aliphatic carbocycles. The highest BCUT2D eigenvalue weighted by molar-refractivity contribution is 5.92. The molecule has 0 bridgehead atoms. The van der Waals surface area contributed by atoms with Crippen molar-refractivity contribution < 1.29 is 19.1 Å². The van der Waals surface area contributed by atoms with E-state index >= 15 is 0 Å². The number of ether oxygens (including phenoxy) is 1. The Morgan fingerprint density at radius 1 is 1.11 bits per heavy atom. The molecule has 0 fully saturated rings. The highest BCUT2D eigenvalue weighted by Crippen LogP contribution is 2.28. The van der Waals surface area contributed by atoms with Crippen molar-refractivity contribution in [3.05, 3.63) is 42.0 Å². The number of hydrogen-bond acceptors (Lipinski definition) is 4. The molecule has 3 atom stereocenters. The summed E-state index contributed by atoms with van der Waals surface area (Å²) in [5.74, 6) is -0.770. The molecule has 0 radical (unpaired) electrons. The predicted molar refractivity (Wildman–Crippen MR) is 146 cm³/mol. The second kappa shape index (κ2) is 14.7. The third kappa shape index (κ3) is 9.67. The molecule has 36 heavy (non-hydrogen) atoms. The van der Waals surface area contributed by atoms with Gasteiger partial charge in [0.1, 0.15) is 17.7 Å². The number of benzene rings is 1. The first kappa shape index (κ1) is 31.2. The zero-order chi connectivity index (χ0) is 27.5. The van der Waals surface area contributed by atoms with Crippen LogP contribution in [-0.2, 0) is 14.3 Å². The Balaban J connectivity index is 3.48. The molecule has 1 rings (SSSR count). The molecule has 0 heterocycles. The molecule has 2 N–H and O–H groups in total. The fourth-order valence-electron chi connectivity index (χ4n) is 3.88. The number of hydrogen-bond donors (Lipinski definition) is 2. The summed E-state index contributed by atoms with van der Waals surface area (Å²) in [4.78, 5) is 42.0. The number of unbranched alkanes of at least 4 members (excludes halogenated alkanes) is 2. The van der Waals surface area contributed by atoms with E-state index in [2.05, 4.69) is 24.1 Å². The number of nitrogens with one attached hydrogen (secondary N) is 2. The zero-order valence-electron chi connectivity index (χ0n) is 23.5. The Morgan fingerprint density at radius 2 is 1.78 bits per heavy atom. The van der Waals surface area contributed by atoms with Crippen LogP contribution in [0.4, 0.5) is 4.79 Å². The number of rotatable bonds is 13. The van der Waals surface area contributed by atoms with Gasteiger partial charge in [-0.1, -0.05) is 71.4 Å². The molecule has 3 unspecified atom stereocenters. The van der Waals surface area contributed by atoms with Crippen LogP contribution >= 0.6 is 0 Å². The minimum atomic E-state index is -0.855. The number of nitrogens with zero attached hydrogens (tertiary/aromatic N) is 1. The molecule has 0 saturated carbocycles. The Bertz CT molecular complexity index is 876. The zero-order valence-corrected chi connectivity index (χ0v) is 23.5. The maximum absolute atomic E-state index is 14.1. The van der Waals surface area contributed by atoms with E-state index in [1.54, 1.807) is 31.7 Å². The summed E-state index contributed by atoms with van der Waals surface area (Å²) >= 11 is 0. The summed E-state index contributed by atoms with van der Waals surface area (Å²) in [7, 11) is 0. The number of amides is 3. The van der Waals surface area contributed by atoms with Crippen LogP contribution in [-0.4, -0.2) is 47.0 Å². The van der Waals surface area contributed by atoms with E-state index in [1.165, 1.54) is 0 Å². The van der Waals surface area contributed by atoms with Crippen molar-refractivity contribution in [2.75, 3.05) is 6.54 Å². The predicted octanol–water partition coefficient (Wildman–Crippen LogP) is 5.85. The lowest BCUT2D eigenvalue weighted by atomic mass is 9.95. The third-order valence-electron chi connectivity index (χ3n) is 5.99. The molecule has 1 aromatic carbocycles. The number of carbonyl (C=O) groups is 3. The molecular formula is C29H47N3O4. The maximum atomic E-state index is 14.1. The van der Waals surface area contributed by atoms with Gasteiger partial charge in [0.15, 0.2) is 0 Å². The third-order valence-corrected chi connectivity index (χ3v) is 5.99. The highest BCUT2D eigenvalue weighted by atomic mass is 16.6. The fraction of sp³-hybridized carbons (Fsp3) is 0.621. The Labute approximate surface area is 218 Å². The van der Waals surface area contributed by atoms with Crippen molar-refractivity contribution in [1.29, 1.82) is 0 Å². The molecule has 7 nitrogen and oxygen atoms in total. The lowest BCUT2D eigenvalue weighted by molar-refractivity contribution is -0.146. The van der Waals surface area contributed by atoms with E-state index in [0.717, 1.165) is 24.8 Å². The van der Waals surface area contributed by atoms with Gasteiger partial charge in [-0.15, -0.1) is 0 Å². The molecular weight excluding hydrogens is 454 g/mol. The topological polar surface area (TPSA) is 87.7 Å². The monoisotopic (exact) mass is 501 g/mol. The van der Waals surface area contributed by atoms with Gasteiger partial charge in [-0.05, 0) is 63.6 Å². The van der Waals surface area contributed by atoms with Gasteiger partial charge >= 0.3 is 6.09 Å². The summed E-state index contributed by atoms with van der Waals surface area (Å²) in [5.41, 5.74) is 0.867. The van der Waals surface area contributed by atoms with Crippen LogP contribution in [0.15, 0.2) is 30.8 Å². The number of carbonyl (C=O) groups excluding carboxylic acids is 3. The molecule has 0 spiro atoms. The van der Waals surface area contributed by atoms with Crippen LogP contribution in [0.25, 0.3) is 6.08 Å². The second-order valence-corrected chi connectivity index (χ2v) is 10.6. The van der Waals surface area contributed by atoms with Crippen LogP contribution in [0.1, 0.15) is 98.2 Å². The molecule has 0 aliphatic rings. The van der Waals surface area contributed by atoms with Gasteiger partial charge in [-0.3, -0.25) is 9.59 Å². The van der Waals surface area contributed by atoms with Gasteiger partial charge in [0.2, 0.25) is 11.8 Å². The van der Waals surface area contributed by atoms with Gasteiger partial charge in [-0.2, -0.15) is 0 Å². The standard InChI is InChI=1S/C29H47N3O4/c1-10-13-14-18-30-26(33)25(23-17-15-16-22(12-3)19-23)32(21(6)11-2)27(34)24(20(4)5)31-28(35)36-29(7,8)9/h12,15-17,19-21,24-25H,3,10-11,13-14,18H2,1-2,4-9H3,(H,30,33)(H,31,35). The Hall–Kier alpha value is -2.83. The lowest BCUT2D eigenvalue weighted by Gasteiger charge is -2.39. The highest BCUT2D eigenvalue weighted by Gasteiger charge is 2.39. The molecule has 202 valence electrons. The van der Waals surface area contributed by atoms with Gasteiger partial charge < -0.3 is 20.3 Å². The summed E-state index contributed by atoms with van der Waals surface area (Å²) < 4.78 is 5.42. The fourth-order valence-corrected chi connectivity index (χ4v) is 3.88. The average Bonchev–Trinajstić information content (AvgIpc) is 2.81. The Morgan fingerprint density at radius 3 is 2.31 bits per heavy atom. The first-order valence-electron chi connectivity index (χ1n) is 13.2. The van der Waals surface area contributed by atoms with E-state index in [0.29, 0.717) is 18.5 Å². The van der Waals surface area contributed by atoms with Gasteiger partial charge in [0.05, 0.1) is 0 Å². The SMILES string of the molecule is C=Cc1cccc(C(C(=O)NCCCCC)N(C(=O)C(NC(=O)OC(C)(C)C)C(C)C)C(C)CC)c1. The summed E-state index contributed by atoms with van der Waals surface area (Å²) in [5, 5.41) is 5.80. The summed E-state index contributed by atoms with van der Waals surface area (Å²) in [6.07, 6.45) is 4.63. The van der Waals surface area contributed by atoms with E-state index < -0.39 is 23.8 Å². The van der Waals surface area contributed by atoms with Crippen molar-refractivity contribution in [3.63, 3.8) is 0 Å². The van der Waals surface area contributed by atoms with Crippen LogP contribution in [0.5, 0.6) is 0 Å². The maximum Gasteiger partial charge on any atom is 0.408 e. The van der Waals surface area contributed by atoms with Gasteiger partial charge in [0.25, 0.3) is 0 Å². The number of alkyl carbamates (subject to hydrolysis) is 1. The molecule has 3 amide bonds. The minimum Gasteiger partial charge on any atom is -0.444 e. The molecule has 0 aliphatic heterocycles. The normalized spacial score (nSPS) is 13.9. The van der Waals surface area contributed by atoms with Crippen LogP contribution < -0.4 is 10.6 Å². The van der Waals surface area contributed by atoms with Crippen molar-refractivity contribution in [1.82, 2.24) is 15.5 Å². The molecule has 0 saturated heterocycles. The minimum absolute atomic E-state index is 0.218. The van der Waals surface area contributed by atoms with E-state index in [-0.39, 0.29) is 23.8 Å². The van der Waals surface area contributed by atoms with Crippen molar-refractivity contribution in [2.24, 2.45) is 5.92 Å². The average molecular weight is 502 g/mol. The molecule has 0 aromatic heterocycles. The van der Waals surface area contributed by atoms with Gasteiger partial charge in [-0.25, -0.2) is 4.79 Å². The van der Waals surface area contributed by atoms with E-state index in [4.69, 9.17) is 4.74 Å². The smallest absolute Gasteiger partial charge is 0.408 e.